The SMILES string of the molecule is Cc1c(C#N)cc(Cl)cc1SF. The topological polar surface area (TPSA) is 23.8 Å². The molecule has 0 bridgehead atoms. The summed E-state index contributed by atoms with van der Waals surface area (Å²) in [5.74, 6) is 0. The van der Waals surface area contributed by atoms with Gasteiger partial charge in [0.15, 0.2) is 0 Å². The van der Waals surface area contributed by atoms with Gasteiger partial charge in [-0.25, -0.2) is 0 Å². The second kappa shape index (κ2) is 3.79. The van der Waals surface area contributed by atoms with Gasteiger partial charge in [-0.15, -0.1) is 0 Å². The normalized spacial score (nSPS) is 9.50. The van der Waals surface area contributed by atoms with Crippen molar-refractivity contribution in [3.05, 3.63) is 28.3 Å². The lowest BCUT2D eigenvalue weighted by Gasteiger charge is -2.01. The summed E-state index contributed by atoms with van der Waals surface area (Å²) in [4.78, 5) is 0.402. The maximum absolute atomic E-state index is 12.2. The Morgan fingerprint density at radius 3 is 2.75 bits per heavy atom. The first kappa shape index (κ1) is 9.37. The fourth-order valence-electron chi connectivity index (χ4n) is 0.850. The average molecular weight is 202 g/mol. The van der Waals surface area contributed by atoms with E-state index in [0.29, 0.717) is 21.0 Å². The van der Waals surface area contributed by atoms with E-state index in [1.165, 1.54) is 12.1 Å². The zero-order chi connectivity index (χ0) is 9.14. The van der Waals surface area contributed by atoms with Gasteiger partial charge in [0.2, 0.25) is 0 Å². The van der Waals surface area contributed by atoms with Crippen LogP contribution in [0.25, 0.3) is 0 Å². The lowest BCUT2D eigenvalue weighted by atomic mass is 10.1. The van der Waals surface area contributed by atoms with Crippen LogP contribution < -0.4 is 0 Å². The smallest absolute Gasteiger partial charge is 0.0995 e. The summed E-state index contributed by atoms with van der Waals surface area (Å²) in [5.41, 5.74) is 1.05. The van der Waals surface area contributed by atoms with Crippen molar-refractivity contribution >= 4 is 23.7 Å². The minimum Gasteiger partial charge on any atom is -0.192 e. The molecule has 0 amide bonds. The van der Waals surface area contributed by atoms with Crippen LogP contribution in [0, 0.1) is 18.3 Å². The second-order valence-electron chi connectivity index (χ2n) is 2.27. The highest BCUT2D eigenvalue weighted by Crippen LogP contribution is 2.28. The third-order valence-electron chi connectivity index (χ3n) is 1.53. The first-order valence-electron chi connectivity index (χ1n) is 3.18. The monoisotopic (exact) mass is 201 g/mol. The van der Waals surface area contributed by atoms with Gasteiger partial charge in [0.1, 0.15) is 0 Å². The summed E-state index contributed by atoms with van der Waals surface area (Å²) < 4.78 is 12.2. The molecule has 0 aromatic heterocycles. The van der Waals surface area contributed by atoms with Crippen LogP contribution in [0.1, 0.15) is 11.1 Å². The number of hydrogen-bond donors (Lipinski definition) is 0. The largest absolute Gasteiger partial charge is 0.192 e. The maximum atomic E-state index is 12.2. The first-order chi connectivity index (χ1) is 5.69. The standard InChI is InChI=1S/C8H5ClFNS/c1-5-6(4-11)2-7(9)3-8(5)12-10/h2-3H,1H3. The van der Waals surface area contributed by atoms with Crippen molar-refractivity contribution in [3.63, 3.8) is 0 Å². The van der Waals surface area contributed by atoms with Crippen LogP contribution >= 0.6 is 23.7 Å². The van der Waals surface area contributed by atoms with Crippen LogP contribution in [0.3, 0.4) is 0 Å². The summed E-state index contributed by atoms with van der Waals surface area (Å²) in [7, 11) is 0. The molecule has 0 saturated heterocycles. The molecule has 4 heteroatoms. The first-order valence-corrected chi connectivity index (χ1v) is 4.27. The number of nitriles is 1. The molecule has 1 aromatic carbocycles. The quantitative estimate of drug-likeness (QED) is 0.695. The molecule has 62 valence electrons. The molecule has 0 aliphatic carbocycles. The lowest BCUT2D eigenvalue weighted by Crippen LogP contribution is -1.84. The molecule has 1 nitrogen and oxygen atoms in total. The molecule has 0 aliphatic rings. The minimum absolute atomic E-state index is 0.104. The van der Waals surface area contributed by atoms with E-state index in [2.05, 4.69) is 0 Å². The van der Waals surface area contributed by atoms with Crippen LogP contribution in [0.2, 0.25) is 5.02 Å². The number of hydrogen-bond acceptors (Lipinski definition) is 2. The van der Waals surface area contributed by atoms with Gasteiger partial charge in [-0.3, -0.25) is 0 Å². The van der Waals surface area contributed by atoms with Crippen LogP contribution in [0.5, 0.6) is 0 Å². The molecule has 0 spiro atoms. The third kappa shape index (κ3) is 1.71. The predicted octanol–water partition coefficient (Wildman–Crippen LogP) is 3.50. The van der Waals surface area contributed by atoms with Crippen molar-refractivity contribution in [1.82, 2.24) is 0 Å². The van der Waals surface area contributed by atoms with Gasteiger partial charge in [-0.1, -0.05) is 11.6 Å². The van der Waals surface area contributed by atoms with Crippen LogP contribution in [-0.2, 0) is 0 Å². The molecule has 0 atom stereocenters. The van der Waals surface area contributed by atoms with Crippen LogP contribution in [0.4, 0.5) is 3.89 Å². The van der Waals surface area contributed by atoms with Gasteiger partial charge in [-0.05, 0) is 24.6 Å². The molecule has 0 heterocycles. The van der Waals surface area contributed by atoms with Crippen LogP contribution in [-0.4, -0.2) is 0 Å². The molecule has 0 saturated carbocycles. The van der Waals surface area contributed by atoms with E-state index in [4.69, 9.17) is 16.9 Å². The number of halogens is 2. The highest BCUT2D eigenvalue weighted by molar-refractivity contribution is 7.94. The highest BCUT2D eigenvalue weighted by Gasteiger charge is 2.06. The van der Waals surface area contributed by atoms with Crippen LogP contribution in [0.15, 0.2) is 17.0 Å². The van der Waals surface area contributed by atoms with Crippen molar-refractivity contribution in [1.29, 1.82) is 5.26 Å². The Labute approximate surface area is 79.4 Å². The number of rotatable bonds is 1. The van der Waals surface area contributed by atoms with Gasteiger partial charge in [-0.2, -0.15) is 9.15 Å². The van der Waals surface area contributed by atoms with E-state index in [1.807, 2.05) is 6.07 Å². The van der Waals surface area contributed by atoms with Gasteiger partial charge in [0, 0.05) is 9.92 Å². The Balaban J connectivity index is 3.34. The van der Waals surface area contributed by atoms with E-state index in [9.17, 15) is 3.89 Å². The molecule has 0 aliphatic heterocycles. The Hall–Kier alpha value is -0.720. The minimum atomic E-state index is 0.104. The summed E-state index contributed by atoms with van der Waals surface area (Å²) in [6.45, 7) is 1.69. The number of nitrogens with zero attached hydrogens (tertiary/aromatic N) is 1. The summed E-state index contributed by atoms with van der Waals surface area (Å²) in [6, 6.07) is 4.97. The Kier molecular flexibility index (Phi) is 2.96. The van der Waals surface area contributed by atoms with E-state index in [1.54, 1.807) is 6.92 Å². The summed E-state index contributed by atoms with van der Waals surface area (Å²) in [6.07, 6.45) is 0. The fourth-order valence-corrected chi connectivity index (χ4v) is 1.53. The highest BCUT2D eigenvalue weighted by atomic mass is 35.5. The van der Waals surface area contributed by atoms with Crippen molar-refractivity contribution in [2.45, 2.75) is 11.8 Å². The molecular formula is C8H5ClFNS. The predicted molar refractivity (Wildman–Crippen MR) is 47.9 cm³/mol. The second-order valence-corrected chi connectivity index (χ2v) is 3.30. The zero-order valence-corrected chi connectivity index (χ0v) is 7.84. The van der Waals surface area contributed by atoms with Gasteiger partial charge >= 0.3 is 0 Å². The van der Waals surface area contributed by atoms with Crippen molar-refractivity contribution < 1.29 is 3.89 Å². The summed E-state index contributed by atoms with van der Waals surface area (Å²) >= 11 is 5.75. The maximum Gasteiger partial charge on any atom is 0.0995 e. The molecule has 1 rings (SSSR count). The van der Waals surface area contributed by atoms with Gasteiger partial charge < -0.3 is 0 Å². The fraction of sp³-hybridized carbons (Fsp3) is 0.125. The lowest BCUT2D eigenvalue weighted by molar-refractivity contribution is 0.931. The Morgan fingerprint density at radius 2 is 2.25 bits per heavy atom. The summed E-state index contributed by atoms with van der Waals surface area (Å²) in [5, 5.41) is 9.01. The third-order valence-corrected chi connectivity index (χ3v) is 2.34. The van der Waals surface area contributed by atoms with E-state index in [-0.39, 0.29) is 12.1 Å². The molecule has 0 radical (unpaired) electrons. The van der Waals surface area contributed by atoms with Crippen molar-refractivity contribution in [2.75, 3.05) is 0 Å². The van der Waals surface area contributed by atoms with Crippen molar-refractivity contribution in [3.8, 4) is 6.07 Å². The average Bonchev–Trinajstić information content (AvgIpc) is 2.08. The van der Waals surface area contributed by atoms with Gasteiger partial charge in [0.05, 0.1) is 23.8 Å². The molecule has 0 N–H and O–H groups in total. The van der Waals surface area contributed by atoms with Crippen molar-refractivity contribution in [2.24, 2.45) is 0 Å². The zero-order valence-electron chi connectivity index (χ0n) is 6.27. The van der Waals surface area contributed by atoms with E-state index >= 15 is 0 Å². The Bertz CT molecular complexity index is 346. The molecule has 12 heavy (non-hydrogen) atoms. The Morgan fingerprint density at radius 1 is 1.58 bits per heavy atom. The van der Waals surface area contributed by atoms with E-state index < -0.39 is 0 Å². The molecule has 0 unspecified atom stereocenters. The molecule has 1 aromatic rings. The molecular weight excluding hydrogens is 197 g/mol. The van der Waals surface area contributed by atoms with Gasteiger partial charge in [0.25, 0.3) is 0 Å². The molecule has 0 fully saturated rings. The number of benzene rings is 1. The van der Waals surface area contributed by atoms with E-state index in [0.717, 1.165) is 0 Å².